The van der Waals surface area contributed by atoms with Crippen LogP contribution in [0.1, 0.15) is 29.2 Å². The molecule has 5 nitrogen and oxygen atoms in total. The average Bonchev–Trinajstić information content (AvgIpc) is 2.79. The van der Waals surface area contributed by atoms with Crippen LogP contribution in [0.15, 0.2) is 78.4 Å². The number of hydrogen-bond donors (Lipinski definition) is 1. The van der Waals surface area contributed by atoms with Gasteiger partial charge in [-0.15, -0.1) is 0 Å². The monoisotopic (exact) mass is 428 g/mol. The van der Waals surface area contributed by atoms with E-state index >= 15 is 0 Å². The topological polar surface area (TPSA) is 66.5 Å². The zero-order valence-electron chi connectivity index (χ0n) is 17.5. The number of carbonyl (C=O) groups is 3. The highest BCUT2D eigenvalue weighted by Crippen LogP contribution is 2.23. The Bertz CT molecular complexity index is 1210. The Morgan fingerprint density at radius 3 is 2.19 bits per heavy atom. The summed E-state index contributed by atoms with van der Waals surface area (Å²) < 4.78 is 13.9. The Hall–Kier alpha value is -4.06. The smallest absolute Gasteiger partial charge is 0.273 e. The maximum absolute atomic E-state index is 13.9. The van der Waals surface area contributed by atoms with Crippen molar-refractivity contribution in [3.8, 4) is 0 Å². The van der Waals surface area contributed by atoms with Gasteiger partial charge >= 0.3 is 6.03 Å². The summed E-state index contributed by atoms with van der Waals surface area (Å²) in [5.74, 6) is -1.69. The van der Waals surface area contributed by atoms with Gasteiger partial charge in [0.1, 0.15) is 11.4 Å². The van der Waals surface area contributed by atoms with Crippen LogP contribution >= 0.6 is 0 Å². The van der Waals surface area contributed by atoms with Gasteiger partial charge in [-0.1, -0.05) is 61.5 Å². The van der Waals surface area contributed by atoms with Gasteiger partial charge in [-0.2, -0.15) is 0 Å². The van der Waals surface area contributed by atoms with Crippen molar-refractivity contribution in [3.05, 3.63) is 106 Å². The van der Waals surface area contributed by atoms with E-state index in [9.17, 15) is 18.8 Å². The molecule has 4 amide bonds. The molecular formula is C26H21FN2O3. The highest BCUT2D eigenvalue weighted by molar-refractivity contribution is 6.39. The lowest BCUT2D eigenvalue weighted by Gasteiger charge is -2.26. The lowest BCUT2D eigenvalue weighted by atomic mass is 10.0. The molecule has 0 radical (unpaired) electrons. The average molecular weight is 428 g/mol. The zero-order valence-corrected chi connectivity index (χ0v) is 17.5. The summed E-state index contributed by atoms with van der Waals surface area (Å²) in [7, 11) is 0. The Balaban J connectivity index is 1.57. The Morgan fingerprint density at radius 2 is 1.53 bits per heavy atom. The normalized spacial score (nSPS) is 15.2. The predicted molar refractivity (Wildman–Crippen MR) is 120 cm³/mol. The third-order valence-corrected chi connectivity index (χ3v) is 5.35. The van der Waals surface area contributed by atoms with Crippen LogP contribution in [0, 0.1) is 5.82 Å². The van der Waals surface area contributed by atoms with Gasteiger partial charge in [0.25, 0.3) is 11.8 Å². The number of barbiturate groups is 1. The molecule has 32 heavy (non-hydrogen) atoms. The molecule has 160 valence electrons. The molecule has 1 aliphatic rings. The molecule has 1 N–H and O–H groups in total. The second-order valence-corrected chi connectivity index (χ2v) is 7.49. The zero-order chi connectivity index (χ0) is 22.7. The van der Waals surface area contributed by atoms with E-state index in [1.165, 1.54) is 12.1 Å². The molecule has 0 aromatic heterocycles. The van der Waals surface area contributed by atoms with E-state index in [-0.39, 0.29) is 11.4 Å². The Morgan fingerprint density at radius 1 is 0.875 bits per heavy atom. The summed E-state index contributed by atoms with van der Waals surface area (Å²) in [5, 5.41) is 2.22. The van der Waals surface area contributed by atoms with E-state index in [1.54, 1.807) is 42.5 Å². The number of anilines is 1. The fourth-order valence-electron chi connectivity index (χ4n) is 3.53. The van der Waals surface area contributed by atoms with Crippen LogP contribution in [0.5, 0.6) is 0 Å². The van der Waals surface area contributed by atoms with Crippen LogP contribution in [-0.4, -0.2) is 17.8 Å². The van der Waals surface area contributed by atoms with Gasteiger partial charge in [-0.05, 0) is 52.9 Å². The van der Waals surface area contributed by atoms with Crippen molar-refractivity contribution in [2.24, 2.45) is 0 Å². The van der Waals surface area contributed by atoms with E-state index in [2.05, 4.69) is 5.32 Å². The number of carbonyl (C=O) groups excluding carboxylic acids is 3. The summed E-state index contributed by atoms with van der Waals surface area (Å²) in [4.78, 5) is 38.6. The number of rotatable bonds is 5. The predicted octanol–water partition coefficient (Wildman–Crippen LogP) is 4.65. The van der Waals surface area contributed by atoms with Gasteiger partial charge in [0.05, 0.1) is 5.69 Å². The number of benzene rings is 3. The quantitative estimate of drug-likeness (QED) is 0.475. The van der Waals surface area contributed by atoms with E-state index in [0.717, 1.165) is 22.4 Å². The number of urea groups is 1. The van der Waals surface area contributed by atoms with Crippen LogP contribution in [-0.2, 0) is 22.4 Å². The molecule has 0 spiro atoms. The van der Waals surface area contributed by atoms with Crippen molar-refractivity contribution in [1.82, 2.24) is 5.32 Å². The van der Waals surface area contributed by atoms with Crippen LogP contribution in [0.25, 0.3) is 6.08 Å². The summed E-state index contributed by atoms with van der Waals surface area (Å²) in [5.41, 5.74) is 3.43. The SMILES string of the molecule is CCc1ccc(N2C(=O)NC(=O)/C(=C\c3ccc(Cc4ccccc4F)cc3)C2=O)cc1. The van der Waals surface area contributed by atoms with Gasteiger partial charge in [0.2, 0.25) is 0 Å². The molecule has 1 saturated heterocycles. The largest absolute Gasteiger partial charge is 0.335 e. The van der Waals surface area contributed by atoms with Crippen LogP contribution < -0.4 is 10.2 Å². The first kappa shape index (κ1) is 21.2. The van der Waals surface area contributed by atoms with Crippen molar-refractivity contribution < 1.29 is 18.8 Å². The van der Waals surface area contributed by atoms with Crippen molar-refractivity contribution in [2.45, 2.75) is 19.8 Å². The molecular weight excluding hydrogens is 407 g/mol. The fraction of sp³-hybridized carbons (Fsp3) is 0.115. The highest BCUT2D eigenvalue weighted by atomic mass is 19.1. The molecule has 0 bridgehead atoms. The number of amides is 4. The molecule has 3 aromatic carbocycles. The number of imide groups is 2. The van der Waals surface area contributed by atoms with Gasteiger partial charge in [0, 0.05) is 6.42 Å². The number of aryl methyl sites for hydroxylation is 1. The Kier molecular flexibility index (Phi) is 5.94. The van der Waals surface area contributed by atoms with Crippen LogP contribution in [0.3, 0.4) is 0 Å². The van der Waals surface area contributed by atoms with E-state index in [1.807, 2.05) is 31.2 Å². The number of hydrogen-bond acceptors (Lipinski definition) is 3. The molecule has 1 heterocycles. The maximum atomic E-state index is 13.9. The van der Waals surface area contributed by atoms with Gasteiger partial charge < -0.3 is 0 Å². The van der Waals surface area contributed by atoms with Crippen molar-refractivity contribution in [1.29, 1.82) is 0 Å². The summed E-state index contributed by atoms with van der Waals surface area (Å²) in [6.07, 6.45) is 2.71. The Labute approximate surface area is 185 Å². The minimum atomic E-state index is -0.776. The number of nitrogens with zero attached hydrogens (tertiary/aromatic N) is 1. The molecule has 0 atom stereocenters. The van der Waals surface area contributed by atoms with Crippen molar-refractivity contribution >= 4 is 29.6 Å². The van der Waals surface area contributed by atoms with Crippen LogP contribution in [0.4, 0.5) is 14.9 Å². The third kappa shape index (κ3) is 4.34. The molecule has 4 rings (SSSR count). The molecule has 0 saturated carbocycles. The minimum Gasteiger partial charge on any atom is -0.273 e. The van der Waals surface area contributed by atoms with Crippen molar-refractivity contribution in [3.63, 3.8) is 0 Å². The molecule has 6 heteroatoms. The summed E-state index contributed by atoms with van der Waals surface area (Å²) in [6, 6.07) is 20.0. The highest BCUT2D eigenvalue weighted by Gasteiger charge is 2.36. The van der Waals surface area contributed by atoms with Gasteiger partial charge in [-0.3, -0.25) is 14.9 Å². The summed E-state index contributed by atoms with van der Waals surface area (Å²) in [6.45, 7) is 2.01. The maximum Gasteiger partial charge on any atom is 0.335 e. The fourth-order valence-corrected chi connectivity index (χ4v) is 3.53. The van der Waals surface area contributed by atoms with Gasteiger partial charge in [-0.25, -0.2) is 14.1 Å². The molecule has 1 fully saturated rings. The first-order valence-electron chi connectivity index (χ1n) is 10.3. The van der Waals surface area contributed by atoms with E-state index < -0.39 is 17.8 Å². The summed E-state index contributed by atoms with van der Waals surface area (Å²) >= 11 is 0. The molecule has 1 aliphatic heterocycles. The minimum absolute atomic E-state index is 0.133. The second-order valence-electron chi connectivity index (χ2n) is 7.49. The molecule has 0 aliphatic carbocycles. The van der Waals surface area contributed by atoms with Gasteiger partial charge in [0.15, 0.2) is 0 Å². The standard InChI is InChI=1S/C26H21FN2O3/c1-2-17-11-13-21(14-12-17)29-25(31)22(24(30)28-26(29)32)16-19-9-7-18(8-10-19)15-20-5-3-4-6-23(20)27/h3-14,16H,2,15H2,1H3,(H,28,30,32)/b22-16+. The van der Waals surface area contributed by atoms with E-state index in [0.29, 0.717) is 23.2 Å². The number of halogens is 1. The van der Waals surface area contributed by atoms with Crippen molar-refractivity contribution in [2.75, 3.05) is 4.90 Å². The first-order chi connectivity index (χ1) is 15.5. The third-order valence-electron chi connectivity index (χ3n) is 5.35. The second kappa shape index (κ2) is 8.98. The first-order valence-corrected chi connectivity index (χ1v) is 10.3. The van der Waals surface area contributed by atoms with Crippen LogP contribution in [0.2, 0.25) is 0 Å². The number of nitrogens with one attached hydrogen (secondary N) is 1. The lowest BCUT2D eigenvalue weighted by Crippen LogP contribution is -2.54. The molecule has 0 unspecified atom stereocenters. The lowest BCUT2D eigenvalue weighted by molar-refractivity contribution is -0.122. The van der Waals surface area contributed by atoms with E-state index in [4.69, 9.17) is 0 Å². The molecule has 3 aromatic rings.